The van der Waals surface area contributed by atoms with Gasteiger partial charge in [0, 0.05) is 19.4 Å². The zero-order chi connectivity index (χ0) is 8.53. The molecule has 0 bridgehead atoms. The van der Waals surface area contributed by atoms with Crippen molar-refractivity contribution in [2.24, 2.45) is 5.73 Å². The molecular formula is C6H17NO3Si. The van der Waals surface area contributed by atoms with Crippen LogP contribution >= 0.6 is 0 Å². The standard InChI is InChI=1S/C6H17NO3Si/c1-3-8-6(9-4-2)10-11-5-7/h6H,3-5,7,11H2,1-2H3. The molecule has 0 radical (unpaired) electrons. The molecule has 11 heavy (non-hydrogen) atoms. The van der Waals surface area contributed by atoms with Crippen LogP contribution in [0.4, 0.5) is 0 Å². The third-order valence-corrected chi connectivity index (χ3v) is 1.72. The minimum atomic E-state index is -0.639. The maximum Gasteiger partial charge on any atom is 0.261 e. The predicted molar refractivity (Wildman–Crippen MR) is 45.7 cm³/mol. The highest BCUT2D eigenvalue weighted by molar-refractivity contribution is 6.27. The molecule has 0 saturated carbocycles. The summed E-state index contributed by atoms with van der Waals surface area (Å²) in [5.74, 6) is 0. The first-order valence-electron chi connectivity index (χ1n) is 3.90. The van der Waals surface area contributed by atoms with E-state index in [9.17, 15) is 0 Å². The highest BCUT2D eigenvalue weighted by Crippen LogP contribution is 1.95. The average Bonchev–Trinajstić information content (AvgIpc) is 2.01. The van der Waals surface area contributed by atoms with Crippen molar-refractivity contribution in [3.63, 3.8) is 0 Å². The van der Waals surface area contributed by atoms with Gasteiger partial charge in [0.15, 0.2) is 9.76 Å². The summed E-state index contributed by atoms with van der Waals surface area (Å²) in [6.45, 7) is 4.52. The van der Waals surface area contributed by atoms with E-state index < -0.39 is 16.2 Å². The van der Waals surface area contributed by atoms with E-state index >= 15 is 0 Å². The number of rotatable bonds is 7. The van der Waals surface area contributed by atoms with E-state index in [-0.39, 0.29) is 0 Å². The largest absolute Gasteiger partial charge is 0.377 e. The molecule has 0 aliphatic carbocycles. The van der Waals surface area contributed by atoms with Crippen molar-refractivity contribution in [1.29, 1.82) is 0 Å². The molecule has 4 nitrogen and oxygen atoms in total. The third-order valence-electron chi connectivity index (χ3n) is 0.977. The van der Waals surface area contributed by atoms with Crippen LogP contribution in [-0.2, 0) is 13.9 Å². The highest BCUT2D eigenvalue weighted by Gasteiger charge is 2.05. The topological polar surface area (TPSA) is 53.7 Å². The van der Waals surface area contributed by atoms with E-state index in [1.165, 1.54) is 0 Å². The maximum atomic E-state index is 5.29. The van der Waals surface area contributed by atoms with Crippen LogP contribution < -0.4 is 5.73 Å². The van der Waals surface area contributed by atoms with Gasteiger partial charge in [-0.1, -0.05) is 0 Å². The Balaban J connectivity index is 3.34. The normalized spacial score (nSPS) is 12.0. The minimum Gasteiger partial charge on any atom is -0.377 e. The van der Waals surface area contributed by atoms with Crippen molar-refractivity contribution in [1.82, 2.24) is 0 Å². The van der Waals surface area contributed by atoms with Gasteiger partial charge in [-0.3, -0.25) is 0 Å². The number of hydrogen-bond donors (Lipinski definition) is 1. The first-order chi connectivity index (χ1) is 5.35. The number of nitrogens with two attached hydrogens (primary N) is 1. The molecule has 5 heteroatoms. The van der Waals surface area contributed by atoms with Crippen LogP contribution in [0.1, 0.15) is 13.8 Å². The van der Waals surface area contributed by atoms with Crippen LogP contribution in [-0.4, -0.2) is 35.6 Å². The minimum absolute atomic E-state index is 0.486. The summed E-state index contributed by atoms with van der Waals surface area (Å²) in [6.07, 6.45) is 0.622. The summed E-state index contributed by atoms with van der Waals surface area (Å²) >= 11 is 0. The monoisotopic (exact) mass is 179 g/mol. The Kier molecular flexibility index (Phi) is 8.20. The van der Waals surface area contributed by atoms with Gasteiger partial charge in [0.2, 0.25) is 0 Å². The zero-order valence-corrected chi connectivity index (χ0v) is 8.62. The molecule has 0 saturated heterocycles. The zero-order valence-electron chi connectivity index (χ0n) is 7.21. The Labute approximate surface area is 69.9 Å². The molecule has 0 aliphatic rings. The van der Waals surface area contributed by atoms with Gasteiger partial charge in [-0.15, -0.1) is 0 Å². The fourth-order valence-corrected chi connectivity index (χ4v) is 1.10. The van der Waals surface area contributed by atoms with Crippen molar-refractivity contribution in [3.8, 4) is 0 Å². The van der Waals surface area contributed by atoms with Crippen molar-refractivity contribution in [3.05, 3.63) is 0 Å². The molecule has 68 valence electrons. The summed E-state index contributed by atoms with van der Waals surface area (Å²) in [6, 6.07) is 0. The van der Waals surface area contributed by atoms with E-state index in [1.807, 2.05) is 13.8 Å². The Bertz CT molecular complexity index is 78.2. The molecule has 0 aromatic heterocycles. The van der Waals surface area contributed by atoms with Crippen LogP contribution in [0.25, 0.3) is 0 Å². The predicted octanol–water partition coefficient (Wildman–Crippen LogP) is -0.640. The van der Waals surface area contributed by atoms with Gasteiger partial charge < -0.3 is 19.6 Å². The van der Waals surface area contributed by atoms with Crippen molar-refractivity contribution >= 4 is 9.76 Å². The highest BCUT2D eigenvalue weighted by atomic mass is 28.2. The molecule has 0 aromatic carbocycles. The summed E-state index contributed by atoms with van der Waals surface area (Å²) in [5, 5.41) is 0. The van der Waals surface area contributed by atoms with Crippen molar-refractivity contribution in [2.75, 3.05) is 19.4 Å². The molecule has 0 aliphatic heterocycles. The molecule has 0 atom stereocenters. The first-order valence-corrected chi connectivity index (χ1v) is 5.47. The average molecular weight is 179 g/mol. The second-order valence-corrected chi connectivity index (χ2v) is 3.18. The van der Waals surface area contributed by atoms with Gasteiger partial charge >= 0.3 is 0 Å². The molecule has 0 spiro atoms. The maximum absolute atomic E-state index is 5.29. The molecule has 0 aromatic rings. The second-order valence-electron chi connectivity index (χ2n) is 1.86. The molecule has 2 N–H and O–H groups in total. The fourth-order valence-electron chi connectivity index (χ4n) is 0.581. The Hall–Kier alpha value is 0.0569. The lowest BCUT2D eigenvalue weighted by molar-refractivity contribution is -0.243. The van der Waals surface area contributed by atoms with Gasteiger partial charge in [0.05, 0.1) is 0 Å². The van der Waals surface area contributed by atoms with Gasteiger partial charge in [0.1, 0.15) is 0 Å². The fraction of sp³-hybridized carbons (Fsp3) is 1.00. The van der Waals surface area contributed by atoms with E-state index in [4.69, 9.17) is 19.6 Å². The smallest absolute Gasteiger partial charge is 0.261 e. The SMILES string of the molecule is CCOC(OCC)O[SiH2]CN. The molecular weight excluding hydrogens is 162 g/mol. The molecule has 0 rings (SSSR count). The van der Waals surface area contributed by atoms with Crippen LogP contribution in [0.2, 0.25) is 0 Å². The summed E-state index contributed by atoms with van der Waals surface area (Å²) < 4.78 is 15.5. The summed E-state index contributed by atoms with van der Waals surface area (Å²) in [7, 11) is -0.639. The number of hydrogen-bond acceptors (Lipinski definition) is 4. The van der Waals surface area contributed by atoms with E-state index in [2.05, 4.69) is 0 Å². The Morgan fingerprint density at radius 3 is 2.18 bits per heavy atom. The quantitative estimate of drug-likeness (QED) is 0.417. The lowest BCUT2D eigenvalue weighted by Gasteiger charge is -2.16. The molecule has 0 heterocycles. The van der Waals surface area contributed by atoms with Gasteiger partial charge in [0.25, 0.3) is 6.48 Å². The third kappa shape index (κ3) is 6.45. The summed E-state index contributed by atoms with van der Waals surface area (Å²) in [5.41, 5.74) is 5.29. The molecule has 0 unspecified atom stereocenters. The van der Waals surface area contributed by atoms with Crippen LogP contribution in [0.3, 0.4) is 0 Å². The van der Waals surface area contributed by atoms with E-state index in [0.717, 1.165) is 0 Å². The Morgan fingerprint density at radius 2 is 1.82 bits per heavy atom. The van der Waals surface area contributed by atoms with Gasteiger partial charge in [-0.25, -0.2) is 0 Å². The lowest BCUT2D eigenvalue weighted by Crippen LogP contribution is -2.26. The van der Waals surface area contributed by atoms with Crippen LogP contribution in [0.5, 0.6) is 0 Å². The first kappa shape index (κ1) is 11.1. The summed E-state index contributed by atoms with van der Waals surface area (Å²) in [4.78, 5) is 0. The van der Waals surface area contributed by atoms with Crippen molar-refractivity contribution < 1.29 is 13.9 Å². The second kappa shape index (κ2) is 8.16. The van der Waals surface area contributed by atoms with Gasteiger partial charge in [-0.2, -0.15) is 0 Å². The van der Waals surface area contributed by atoms with E-state index in [1.54, 1.807) is 0 Å². The van der Waals surface area contributed by atoms with Gasteiger partial charge in [-0.05, 0) is 13.8 Å². The van der Waals surface area contributed by atoms with Crippen molar-refractivity contribution in [2.45, 2.75) is 20.3 Å². The Morgan fingerprint density at radius 1 is 1.27 bits per heavy atom. The lowest BCUT2D eigenvalue weighted by atomic mass is 10.8. The van der Waals surface area contributed by atoms with Crippen LogP contribution in [0, 0.1) is 0 Å². The number of ether oxygens (including phenoxy) is 2. The van der Waals surface area contributed by atoms with Crippen LogP contribution in [0.15, 0.2) is 0 Å². The molecule has 0 fully saturated rings. The van der Waals surface area contributed by atoms with E-state index in [0.29, 0.717) is 19.4 Å². The molecule has 0 amide bonds.